The number of fused-ring (bicyclic) bond motifs is 5. The zero-order valence-electron chi connectivity index (χ0n) is 15.8. The Labute approximate surface area is 151 Å². The normalized spacial score (nSPS) is 51.8. The van der Waals surface area contributed by atoms with Gasteiger partial charge < -0.3 is 5.11 Å². The van der Waals surface area contributed by atoms with Crippen LogP contribution in [-0.4, -0.2) is 16.5 Å². The molecule has 0 saturated heterocycles. The van der Waals surface area contributed by atoms with Crippen molar-refractivity contribution >= 4 is 5.78 Å². The second-order valence-corrected chi connectivity index (χ2v) is 9.67. The molecule has 0 amide bonds. The third-order valence-corrected chi connectivity index (χ3v) is 9.09. The SMILES string of the molecule is CC[C@@]1(O)CC[C@H]2[C@@H]3CCC4=CC(=O)C(C#N)C[C@]4(C)[C@H]3CC[C@@]21C. The first-order chi connectivity index (χ1) is 11.8. The molecule has 3 saturated carbocycles. The van der Waals surface area contributed by atoms with Crippen molar-refractivity contribution in [3.8, 4) is 6.07 Å². The summed E-state index contributed by atoms with van der Waals surface area (Å²) in [4.78, 5) is 12.2. The van der Waals surface area contributed by atoms with Crippen molar-refractivity contribution < 1.29 is 9.90 Å². The minimum atomic E-state index is -0.503. The molecule has 0 spiro atoms. The van der Waals surface area contributed by atoms with Gasteiger partial charge in [-0.3, -0.25) is 4.79 Å². The van der Waals surface area contributed by atoms with E-state index in [1.54, 1.807) is 0 Å². The van der Waals surface area contributed by atoms with Gasteiger partial charge in [-0.1, -0.05) is 26.3 Å². The van der Waals surface area contributed by atoms with Crippen LogP contribution in [0.1, 0.15) is 72.1 Å². The molecule has 1 N–H and O–H groups in total. The number of nitrogens with zero attached hydrogens (tertiary/aromatic N) is 1. The number of aliphatic hydroxyl groups is 1. The molecule has 7 atom stereocenters. The number of hydrogen-bond donors (Lipinski definition) is 1. The molecule has 4 aliphatic rings. The fourth-order valence-corrected chi connectivity index (χ4v) is 7.44. The first-order valence-corrected chi connectivity index (χ1v) is 10.2. The lowest BCUT2D eigenvalue weighted by molar-refractivity contribution is -0.132. The van der Waals surface area contributed by atoms with Crippen LogP contribution in [0.2, 0.25) is 0 Å². The van der Waals surface area contributed by atoms with Crippen molar-refractivity contribution in [3.63, 3.8) is 0 Å². The van der Waals surface area contributed by atoms with Crippen LogP contribution in [0, 0.1) is 45.8 Å². The number of carbonyl (C=O) groups excluding carboxylic acids is 1. The Balaban J connectivity index is 1.70. The highest BCUT2D eigenvalue weighted by molar-refractivity contribution is 5.95. The average Bonchev–Trinajstić information content (AvgIpc) is 2.87. The Kier molecular flexibility index (Phi) is 3.75. The predicted molar refractivity (Wildman–Crippen MR) is 96.4 cm³/mol. The third kappa shape index (κ3) is 2.10. The quantitative estimate of drug-likeness (QED) is 0.768. The number of carbonyl (C=O) groups is 1. The Hall–Kier alpha value is -1.14. The van der Waals surface area contributed by atoms with Crippen LogP contribution < -0.4 is 0 Å². The number of hydrogen-bond acceptors (Lipinski definition) is 3. The minimum absolute atomic E-state index is 0.00543. The highest BCUT2D eigenvalue weighted by Gasteiger charge is 2.63. The molecule has 136 valence electrons. The van der Waals surface area contributed by atoms with Crippen molar-refractivity contribution in [2.45, 2.75) is 77.7 Å². The summed E-state index contributed by atoms with van der Waals surface area (Å²) in [6.07, 6.45) is 9.80. The average molecular weight is 341 g/mol. The molecule has 25 heavy (non-hydrogen) atoms. The highest BCUT2D eigenvalue weighted by atomic mass is 16.3. The molecule has 3 nitrogen and oxygen atoms in total. The molecule has 3 heteroatoms. The molecule has 0 aromatic carbocycles. The summed E-state index contributed by atoms with van der Waals surface area (Å²) in [5, 5.41) is 20.7. The molecular weight excluding hydrogens is 310 g/mol. The molecule has 4 rings (SSSR count). The minimum Gasteiger partial charge on any atom is -0.389 e. The number of ketones is 1. The van der Waals surface area contributed by atoms with Crippen LogP contribution in [0.15, 0.2) is 11.6 Å². The Morgan fingerprint density at radius 2 is 1.96 bits per heavy atom. The highest BCUT2D eigenvalue weighted by Crippen LogP contribution is 2.68. The monoisotopic (exact) mass is 341 g/mol. The molecule has 0 aromatic heterocycles. The van der Waals surface area contributed by atoms with E-state index in [4.69, 9.17) is 0 Å². The second-order valence-electron chi connectivity index (χ2n) is 9.67. The number of allylic oxidation sites excluding steroid dienone is 1. The van der Waals surface area contributed by atoms with Gasteiger partial charge in [0.2, 0.25) is 0 Å². The maximum absolute atomic E-state index is 12.2. The molecular formula is C22H31NO2. The van der Waals surface area contributed by atoms with E-state index >= 15 is 0 Å². The first kappa shape index (κ1) is 17.3. The standard InChI is InChI=1S/C22H31NO2/c1-4-22(25)10-8-18-16-6-5-15-11-19(24)14(13-23)12-20(15,2)17(16)7-9-21(18,22)3/h11,14,16-18,25H,4-10,12H2,1-3H3/t14?,16-,17+,18+,20+,21+,22-/m1/s1. The van der Waals surface area contributed by atoms with Crippen molar-refractivity contribution in [2.24, 2.45) is 34.5 Å². The third-order valence-electron chi connectivity index (χ3n) is 9.09. The van der Waals surface area contributed by atoms with Crippen molar-refractivity contribution in [1.82, 2.24) is 0 Å². The summed E-state index contributed by atoms with van der Waals surface area (Å²) >= 11 is 0. The van der Waals surface area contributed by atoms with Gasteiger partial charge in [-0.05, 0) is 86.0 Å². The van der Waals surface area contributed by atoms with Crippen LogP contribution in [-0.2, 0) is 4.79 Å². The molecule has 0 bridgehead atoms. The molecule has 0 aliphatic heterocycles. The van der Waals surface area contributed by atoms with Gasteiger partial charge in [0.15, 0.2) is 5.78 Å². The van der Waals surface area contributed by atoms with Gasteiger partial charge in [-0.25, -0.2) is 0 Å². The van der Waals surface area contributed by atoms with Crippen molar-refractivity contribution in [3.05, 3.63) is 11.6 Å². The van der Waals surface area contributed by atoms with Crippen LogP contribution in [0.4, 0.5) is 0 Å². The van der Waals surface area contributed by atoms with E-state index in [0.717, 1.165) is 44.9 Å². The molecule has 0 radical (unpaired) electrons. The summed E-state index contributed by atoms with van der Waals surface area (Å²) in [5.41, 5.74) is 0.847. The lowest BCUT2D eigenvalue weighted by Gasteiger charge is -2.59. The molecule has 4 aliphatic carbocycles. The fourth-order valence-electron chi connectivity index (χ4n) is 7.44. The van der Waals surface area contributed by atoms with Crippen molar-refractivity contribution in [2.75, 3.05) is 0 Å². The zero-order valence-corrected chi connectivity index (χ0v) is 15.8. The van der Waals surface area contributed by atoms with Gasteiger partial charge in [-0.2, -0.15) is 5.26 Å². The molecule has 1 unspecified atom stereocenters. The lowest BCUT2D eigenvalue weighted by atomic mass is 9.45. The number of rotatable bonds is 1. The fraction of sp³-hybridized carbons (Fsp3) is 0.818. The van der Waals surface area contributed by atoms with E-state index in [2.05, 4.69) is 26.8 Å². The summed E-state index contributed by atoms with van der Waals surface area (Å²) in [6, 6.07) is 2.25. The molecule has 0 aromatic rings. The summed E-state index contributed by atoms with van der Waals surface area (Å²) in [5.74, 6) is 1.35. The van der Waals surface area contributed by atoms with Gasteiger partial charge in [0.05, 0.1) is 11.7 Å². The van der Waals surface area contributed by atoms with Crippen molar-refractivity contribution in [1.29, 1.82) is 5.26 Å². The summed E-state index contributed by atoms with van der Waals surface area (Å²) in [7, 11) is 0. The van der Waals surface area contributed by atoms with E-state index in [1.807, 2.05) is 6.08 Å². The maximum atomic E-state index is 12.2. The van der Waals surface area contributed by atoms with E-state index < -0.39 is 11.5 Å². The summed E-state index contributed by atoms with van der Waals surface area (Å²) < 4.78 is 0. The van der Waals surface area contributed by atoms with Gasteiger partial charge >= 0.3 is 0 Å². The summed E-state index contributed by atoms with van der Waals surface area (Å²) in [6.45, 7) is 6.78. The second kappa shape index (κ2) is 5.43. The van der Waals surface area contributed by atoms with Crippen LogP contribution >= 0.6 is 0 Å². The van der Waals surface area contributed by atoms with Crippen LogP contribution in [0.3, 0.4) is 0 Å². The maximum Gasteiger partial charge on any atom is 0.172 e. The lowest BCUT2D eigenvalue weighted by Crippen LogP contribution is -2.55. The van der Waals surface area contributed by atoms with Crippen LogP contribution in [0.5, 0.6) is 0 Å². The van der Waals surface area contributed by atoms with E-state index in [1.165, 1.54) is 5.57 Å². The first-order valence-electron chi connectivity index (χ1n) is 10.2. The zero-order chi connectivity index (χ0) is 18.0. The Morgan fingerprint density at radius 1 is 1.24 bits per heavy atom. The largest absolute Gasteiger partial charge is 0.389 e. The van der Waals surface area contributed by atoms with E-state index in [-0.39, 0.29) is 16.6 Å². The van der Waals surface area contributed by atoms with Gasteiger partial charge in [-0.15, -0.1) is 0 Å². The predicted octanol–water partition coefficient (Wildman–Crippen LogP) is 4.41. The van der Waals surface area contributed by atoms with Gasteiger partial charge in [0, 0.05) is 0 Å². The van der Waals surface area contributed by atoms with Crippen LogP contribution in [0.25, 0.3) is 0 Å². The van der Waals surface area contributed by atoms with Gasteiger partial charge in [0.25, 0.3) is 0 Å². The Morgan fingerprint density at radius 3 is 2.64 bits per heavy atom. The van der Waals surface area contributed by atoms with E-state index in [0.29, 0.717) is 24.2 Å². The smallest absolute Gasteiger partial charge is 0.172 e. The topological polar surface area (TPSA) is 61.1 Å². The number of nitriles is 1. The molecule has 0 heterocycles. The van der Waals surface area contributed by atoms with E-state index in [9.17, 15) is 15.2 Å². The Bertz CT molecular complexity index is 676. The van der Waals surface area contributed by atoms with Gasteiger partial charge in [0.1, 0.15) is 5.92 Å². The molecule has 3 fully saturated rings.